The van der Waals surface area contributed by atoms with Crippen molar-refractivity contribution in [3.63, 3.8) is 0 Å². The fraction of sp³-hybridized carbons (Fsp3) is 0. The second-order valence-electron chi connectivity index (χ2n) is 5.24. The Hall–Kier alpha value is -3.32. The van der Waals surface area contributed by atoms with Crippen LogP contribution in [0.15, 0.2) is 83.8 Å². The van der Waals surface area contributed by atoms with Crippen LogP contribution in [0.3, 0.4) is 0 Å². The second kappa shape index (κ2) is 8.17. The first kappa shape index (κ1) is 17.5. The van der Waals surface area contributed by atoms with E-state index in [9.17, 15) is 14.9 Å². The minimum absolute atomic E-state index is 0.0582. The van der Waals surface area contributed by atoms with Gasteiger partial charge in [0.1, 0.15) is 5.75 Å². The Morgan fingerprint density at radius 2 is 1.58 bits per heavy atom. The van der Waals surface area contributed by atoms with Crippen molar-refractivity contribution >= 4 is 29.3 Å². The van der Waals surface area contributed by atoms with Gasteiger partial charge in [-0.25, -0.2) is 4.79 Å². The molecule has 0 atom stereocenters. The lowest BCUT2D eigenvalue weighted by molar-refractivity contribution is -0.384. The lowest BCUT2D eigenvalue weighted by atomic mass is 10.2. The van der Waals surface area contributed by atoms with E-state index in [1.165, 1.54) is 36.2 Å². The zero-order valence-corrected chi connectivity index (χ0v) is 14.3. The van der Waals surface area contributed by atoms with E-state index < -0.39 is 10.9 Å². The summed E-state index contributed by atoms with van der Waals surface area (Å²) in [5, 5.41) is 10.6. The molecule has 0 saturated carbocycles. The minimum Gasteiger partial charge on any atom is -0.423 e. The molecule has 0 aliphatic heterocycles. The van der Waals surface area contributed by atoms with E-state index in [1.807, 2.05) is 42.5 Å². The molecule has 0 unspecified atom stereocenters. The summed E-state index contributed by atoms with van der Waals surface area (Å²) in [6.07, 6.45) is 0. The van der Waals surface area contributed by atoms with Crippen LogP contribution >= 0.6 is 11.9 Å². The first-order chi connectivity index (χ1) is 12.6. The summed E-state index contributed by atoms with van der Waals surface area (Å²) in [4.78, 5) is 23.2. The summed E-state index contributed by atoms with van der Waals surface area (Å²) < 4.78 is 8.43. The normalized spacial score (nSPS) is 10.2. The topological polar surface area (TPSA) is 81.5 Å². The molecule has 26 heavy (non-hydrogen) atoms. The maximum absolute atomic E-state index is 12.1. The monoisotopic (exact) mass is 366 g/mol. The highest BCUT2D eigenvalue weighted by Crippen LogP contribution is 2.22. The molecule has 0 heterocycles. The highest BCUT2D eigenvalue weighted by atomic mass is 32.2. The van der Waals surface area contributed by atoms with Gasteiger partial charge in [-0.3, -0.25) is 10.1 Å². The van der Waals surface area contributed by atoms with E-state index in [4.69, 9.17) is 4.74 Å². The van der Waals surface area contributed by atoms with E-state index in [-0.39, 0.29) is 11.4 Å². The van der Waals surface area contributed by atoms with Gasteiger partial charge in [-0.05, 0) is 60.5 Å². The third kappa shape index (κ3) is 4.61. The lowest BCUT2D eigenvalue weighted by Gasteiger charge is -2.07. The Kier molecular flexibility index (Phi) is 5.50. The maximum atomic E-state index is 12.1. The SMILES string of the molecule is O=C(Oc1ccc([N+](=O)[O-])cc1)c1ccc(SNc2ccccc2)cc1. The third-order valence-corrected chi connectivity index (χ3v) is 4.25. The average Bonchev–Trinajstić information content (AvgIpc) is 2.68. The minimum atomic E-state index is -0.522. The number of benzene rings is 3. The standard InChI is InChI=1S/C19H14N2O4S/c22-19(25-17-10-8-16(9-11-17)21(23)24)14-6-12-18(13-7-14)26-20-15-4-2-1-3-5-15/h1-13,20H. The van der Waals surface area contributed by atoms with Crippen molar-refractivity contribution in [2.45, 2.75) is 4.90 Å². The van der Waals surface area contributed by atoms with Gasteiger partial charge < -0.3 is 9.46 Å². The number of nitro groups is 1. The number of nitrogens with one attached hydrogen (secondary N) is 1. The van der Waals surface area contributed by atoms with Crippen LogP contribution in [-0.2, 0) is 0 Å². The Balaban J connectivity index is 1.58. The molecule has 0 aromatic heterocycles. The van der Waals surface area contributed by atoms with E-state index in [0.717, 1.165) is 10.6 Å². The van der Waals surface area contributed by atoms with Crippen LogP contribution in [0.1, 0.15) is 10.4 Å². The van der Waals surface area contributed by atoms with Crippen molar-refractivity contribution in [1.29, 1.82) is 0 Å². The summed E-state index contributed by atoms with van der Waals surface area (Å²) in [5.41, 5.74) is 1.32. The van der Waals surface area contributed by atoms with Gasteiger partial charge in [0, 0.05) is 22.7 Å². The number of nitro benzene ring substituents is 1. The zero-order valence-electron chi connectivity index (χ0n) is 13.5. The van der Waals surface area contributed by atoms with Crippen molar-refractivity contribution in [1.82, 2.24) is 0 Å². The third-order valence-electron chi connectivity index (χ3n) is 3.41. The maximum Gasteiger partial charge on any atom is 0.343 e. The number of carbonyl (C=O) groups excluding carboxylic acids is 1. The van der Waals surface area contributed by atoms with Gasteiger partial charge in [0.15, 0.2) is 0 Å². The molecule has 0 aliphatic carbocycles. The Morgan fingerprint density at radius 3 is 2.19 bits per heavy atom. The molecular weight excluding hydrogens is 352 g/mol. The molecule has 130 valence electrons. The number of nitrogens with zero attached hydrogens (tertiary/aromatic N) is 1. The summed E-state index contributed by atoms with van der Waals surface area (Å²) >= 11 is 1.44. The van der Waals surface area contributed by atoms with Crippen LogP contribution in [-0.4, -0.2) is 10.9 Å². The molecule has 0 aliphatic rings. The second-order valence-corrected chi connectivity index (χ2v) is 6.11. The Labute approximate surface area is 154 Å². The van der Waals surface area contributed by atoms with Gasteiger partial charge in [-0.1, -0.05) is 18.2 Å². The molecule has 3 aromatic rings. The van der Waals surface area contributed by atoms with Crippen LogP contribution in [0.5, 0.6) is 5.75 Å². The van der Waals surface area contributed by atoms with Crippen molar-refractivity contribution in [3.05, 3.63) is 94.5 Å². The van der Waals surface area contributed by atoms with Crippen LogP contribution in [0.2, 0.25) is 0 Å². The van der Waals surface area contributed by atoms with E-state index >= 15 is 0 Å². The Morgan fingerprint density at radius 1 is 0.923 bits per heavy atom. The van der Waals surface area contributed by atoms with E-state index in [0.29, 0.717) is 5.56 Å². The number of hydrogen-bond acceptors (Lipinski definition) is 6. The van der Waals surface area contributed by atoms with Crippen molar-refractivity contribution in [2.24, 2.45) is 0 Å². The number of anilines is 1. The summed E-state index contributed by atoms with van der Waals surface area (Å²) in [6, 6.07) is 22.1. The van der Waals surface area contributed by atoms with Gasteiger partial charge in [0.2, 0.25) is 0 Å². The highest BCUT2D eigenvalue weighted by molar-refractivity contribution is 8.00. The van der Waals surface area contributed by atoms with Gasteiger partial charge >= 0.3 is 5.97 Å². The van der Waals surface area contributed by atoms with Crippen molar-refractivity contribution in [3.8, 4) is 5.75 Å². The zero-order chi connectivity index (χ0) is 18.4. The molecule has 1 N–H and O–H groups in total. The molecule has 0 spiro atoms. The smallest absolute Gasteiger partial charge is 0.343 e. The van der Waals surface area contributed by atoms with E-state index in [1.54, 1.807) is 12.1 Å². The van der Waals surface area contributed by atoms with Gasteiger partial charge in [-0.15, -0.1) is 0 Å². The van der Waals surface area contributed by atoms with Gasteiger partial charge in [0.05, 0.1) is 10.5 Å². The van der Waals surface area contributed by atoms with Crippen molar-refractivity contribution in [2.75, 3.05) is 4.72 Å². The fourth-order valence-electron chi connectivity index (χ4n) is 2.08. The molecule has 0 fully saturated rings. The quantitative estimate of drug-likeness (QED) is 0.219. The van der Waals surface area contributed by atoms with Gasteiger partial charge in [0.25, 0.3) is 5.69 Å². The fourth-order valence-corrected chi connectivity index (χ4v) is 2.73. The van der Waals surface area contributed by atoms with Crippen LogP contribution in [0, 0.1) is 10.1 Å². The average molecular weight is 366 g/mol. The molecule has 3 rings (SSSR count). The van der Waals surface area contributed by atoms with Gasteiger partial charge in [-0.2, -0.15) is 0 Å². The van der Waals surface area contributed by atoms with Crippen LogP contribution < -0.4 is 9.46 Å². The van der Waals surface area contributed by atoms with Crippen LogP contribution in [0.25, 0.3) is 0 Å². The largest absolute Gasteiger partial charge is 0.423 e. The lowest BCUT2D eigenvalue weighted by Crippen LogP contribution is -2.08. The number of esters is 1. The predicted octanol–water partition coefficient (Wildman–Crippen LogP) is 4.93. The molecule has 0 bridgehead atoms. The van der Waals surface area contributed by atoms with Crippen LogP contribution in [0.4, 0.5) is 11.4 Å². The summed E-state index contributed by atoms with van der Waals surface area (Å²) in [6.45, 7) is 0. The first-order valence-corrected chi connectivity index (χ1v) is 8.48. The molecule has 6 nitrogen and oxygen atoms in total. The predicted molar refractivity (Wildman–Crippen MR) is 100 cm³/mol. The number of carbonyl (C=O) groups is 1. The number of para-hydroxylation sites is 1. The highest BCUT2D eigenvalue weighted by Gasteiger charge is 2.10. The Bertz CT molecular complexity index is 897. The summed E-state index contributed by atoms with van der Waals surface area (Å²) in [5.74, 6) is -0.267. The molecule has 3 aromatic carbocycles. The number of rotatable bonds is 6. The molecule has 0 saturated heterocycles. The molecular formula is C19H14N2O4S. The van der Waals surface area contributed by atoms with Crippen molar-refractivity contribution < 1.29 is 14.5 Å². The number of non-ortho nitro benzene ring substituents is 1. The number of ether oxygens (including phenoxy) is 1. The molecule has 7 heteroatoms. The summed E-state index contributed by atoms with van der Waals surface area (Å²) in [7, 11) is 0. The molecule has 0 radical (unpaired) electrons. The molecule has 0 amide bonds. The first-order valence-electron chi connectivity index (χ1n) is 7.66. The van der Waals surface area contributed by atoms with E-state index in [2.05, 4.69) is 4.72 Å². The number of hydrogen-bond donors (Lipinski definition) is 1.